The highest BCUT2D eigenvalue weighted by Crippen LogP contribution is 2.23. The van der Waals surface area contributed by atoms with Crippen molar-refractivity contribution in [3.05, 3.63) is 65.7 Å². The second-order valence-corrected chi connectivity index (χ2v) is 10.2. The normalized spacial score (nSPS) is 15.0. The Bertz CT molecular complexity index is 1270. The second-order valence-electron chi connectivity index (χ2n) is 10.2. The van der Waals surface area contributed by atoms with Crippen molar-refractivity contribution in [3.8, 4) is 5.75 Å². The van der Waals surface area contributed by atoms with E-state index in [1.807, 2.05) is 37.3 Å². The van der Waals surface area contributed by atoms with E-state index in [1.54, 1.807) is 38.4 Å². The summed E-state index contributed by atoms with van der Waals surface area (Å²) in [5, 5.41) is 19.7. The van der Waals surface area contributed by atoms with E-state index in [-0.39, 0.29) is 24.5 Å². The zero-order valence-corrected chi connectivity index (χ0v) is 23.1. The van der Waals surface area contributed by atoms with Gasteiger partial charge in [0.15, 0.2) is 0 Å². The Balaban J connectivity index is 1.51. The molecule has 11 nitrogen and oxygen atoms in total. The van der Waals surface area contributed by atoms with Gasteiger partial charge in [0, 0.05) is 26.6 Å². The first-order chi connectivity index (χ1) is 19.3. The predicted octanol–water partition coefficient (Wildman–Crippen LogP) is 4.96. The predicted molar refractivity (Wildman–Crippen MR) is 154 cm³/mol. The number of carbonyl (C=O) groups excluding carboxylic acids is 1. The van der Waals surface area contributed by atoms with Crippen LogP contribution in [0.2, 0.25) is 0 Å². The van der Waals surface area contributed by atoms with E-state index >= 15 is 0 Å². The van der Waals surface area contributed by atoms with Crippen molar-refractivity contribution in [1.82, 2.24) is 19.9 Å². The Labute approximate surface area is 234 Å². The minimum atomic E-state index is -1.04. The van der Waals surface area contributed by atoms with E-state index in [1.165, 1.54) is 11.3 Å². The number of rotatable bonds is 11. The fraction of sp³-hybridized carbons (Fsp3) is 0.414. The van der Waals surface area contributed by atoms with Crippen LogP contribution in [0.4, 0.5) is 22.6 Å². The van der Waals surface area contributed by atoms with Gasteiger partial charge in [0.25, 0.3) is 0 Å². The Morgan fingerprint density at radius 1 is 0.925 bits per heavy atom. The van der Waals surface area contributed by atoms with E-state index in [0.29, 0.717) is 17.6 Å². The quantitative estimate of drug-likeness (QED) is 0.260. The molecule has 0 radical (unpaired) electrons. The fourth-order valence-electron chi connectivity index (χ4n) is 4.50. The molecule has 1 saturated carbocycles. The zero-order valence-electron chi connectivity index (χ0n) is 23.1. The van der Waals surface area contributed by atoms with Crippen molar-refractivity contribution in [2.75, 3.05) is 30.0 Å². The molecule has 40 heavy (non-hydrogen) atoms. The van der Waals surface area contributed by atoms with Crippen LogP contribution in [0.1, 0.15) is 56.2 Å². The van der Waals surface area contributed by atoms with Crippen LogP contribution < -0.4 is 20.7 Å². The Kier molecular flexibility index (Phi) is 9.71. The summed E-state index contributed by atoms with van der Waals surface area (Å²) in [5.74, 6) is 0.255. The summed E-state index contributed by atoms with van der Waals surface area (Å²) in [7, 11) is 3.20. The number of hydrogen-bond acceptors (Lipinski definition) is 9. The lowest BCUT2D eigenvalue weighted by Gasteiger charge is -2.23. The molecule has 0 aliphatic heterocycles. The number of ether oxygens (including phenoxy) is 1. The first-order valence-electron chi connectivity index (χ1n) is 13.6. The number of carboxylic acid groups (broad SMARTS) is 1. The maximum atomic E-state index is 12.2. The third-order valence-corrected chi connectivity index (χ3v) is 6.75. The topological polar surface area (TPSA) is 142 Å². The lowest BCUT2D eigenvalue weighted by atomic mass is 9.96. The van der Waals surface area contributed by atoms with E-state index in [4.69, 9.17) is 4.74 Å². The van der Waals surface area contributed by atoms with E-state index < -0.39 is 18.1 Å². The van der Waals surface area contributed by atoms with Crippen LogP contribution in [-0.2, 0) is 11.2 Å². The molecule has 1 aromatic heterocycles. The minimum absolute atomic E-state index is 0.0747. The van der Waals surface area contributed by atoms with Gasteiger partial charge in [-0.05, 0) is 43.0 Å². The maximum Gasteiger partial charge on any atom is 0.414 e. The van der Waals surface area contributed by atoms with E-state index in [2.05, 4.69) is 30.9 Å². The van der Waals surface area contributed by atoms with Gasteiger partial charge in [-0.1, -0.05) is 61.7 Å². The van der Waals surface area contributed by atoms with Gasteiger partial charge in [-0.15, -0.1) is 0 Å². The molecular formula is C29H37N7O4. The van der Waals surface area contributed by atoms with Gasteiger partial charge >= 0.3 is 12.1 Å². The van der Waals surface area contributed by atoms with Crippen LogP contribution in [0.15, 0.2) is 54.6 Å². The van der Waals surface area contributed by atoms with Crippen LogP contribution in [0.3, 0.4) is 0 Å². The fourth-order valence-corrected chi connectivity index (χ4v) is 4.50. The number of aliphatic carboxylic acids is 1. The molecule has 1 amide bonds. The molecule has 212 valence electrons. The molecule has 0 bridgehead atoms. The average Bonchev–Trinajstić information content (AvgIpc) is 2.94. The Hall–Kier alpha value is -4.41. The number of carboxylic acids is 1. The van der Waals surface area contributed by atoms with Crippen LogP contribution in [0.25, 0.3) is 0 Å². The molecule has 1 fully saturated rings. The first kappa shape index (κ1) is 28.6. The Morgan fingerprint density at radius 2 is 1.55 bits per heavy atom. The highest BCUT2D eigenvalue weighted by Gasteiger charge is 2.22. The van der Waals surface area contributed by atoms with Gasteiger partial charge in [-0.2, -0.15) is 15.0 Å². The molecule has 2 aromatic carbocycles. The van der Waals surface area contributed by atoms with Crippen molar-refractivity contribution < 1.29 is 19.4 Å². The lowest BCUT2D eigenvalue weighted by Crippen LogP contribution is -2.33. The van der Waals surface area contributed by atoms with Crippen molar-refractivity contribution in [2.24, 2.45) is 0 Å². The molecule has 1 heterocycles. The van der Waals surface area contributed by atoms with Crippen LogP contribution in [-0.4, -0.2) is 63.2 Å². The number of benzene rings is 2. The molecule has 1 aliphatic carbocycles. The van der Waals surface area contributed by atoms with Gasteiger partial charge in [0.05, 0.1) is 6.04 Å². The van der Waals surface area contributed by atoms with Gasteiger partial charge in [-0.3, -0.25) is 0 Å². The molecule has 4 rings (SSSR count). The third kappa shape index (κ3) is 8.29. The number of anilines is 3. The summed E-state index contributed by atoms with van der Waals surface area (Å²) in [4.78, 5) is 38.9. The molecule has 4 N–H and O–H groups in total. The maximum absolute atomic E-state index is 12.2. The number of amides is 1. The molecule has 1 unspecified atom stereocenters. The molecule has 1 aliphatic rings. The van der Waals surface area contributed by atoms with Gasteiger partial charge in [0.1, 0.15) is 11.8 Å². The third-order valence-electron chi connectivity index (χ3n) is 6.75. The summed E-state index contributed by atoms with van der Waals surface area (Å²) in [6.07, 6.45) is 5.28. The largest absolute Gasteiger partial charge is 0.480 e. The van der Waals surface area contributed by atoms with Gasteiger partial charge in [0.2, 0.25) is 17.8 Å². The summed E-state index contributed by atoms with van der Waals surface area (Å²) in [5.41, 5.74) is 1.82. The SMILES string of the molecule is CC(Nc1nc(NC2CCCCC2)nc(N[C@@H](Cc2ccc(OC(=O)N(C)C)cc2)C(=O)O)n1)c1ccccc1. The molecular weight excluding hydrogens is 510 g/mol. The number of nitrogens with one attached hydrogen (secondary N) is 3. The van der Waals surface area contributed by atoms with E-state index in [0.717, 1.165) is 36.8 Å². The summed E-state index contributed by atoms with van der Waals surface area (Å²) >= 11 is 0. The minimum Gasteiger partial charge on any atom is -0.480 e. The smallest absolute Gasteiger partial charge is 0.414 e. The van der Waals surface area contributed by atoms with Crippen molar-refractivity contribution in [2.45, 2.75) is 63.6 Å². The zero-order chi connectivity index (χ0) is 28.5. The number of nitrogens with zero attached hydrogens (tertiary/aromatic N) is 4. The summed E-state index contributed by atoms with van der Waals surface area (Å²) < 4.78 is 5.25. The standard InChI is InChI=1S/C29H37N7O4/c1-19(21-10-6-4-7-11-21)30-26-33-27(31-22-12-8-5-9-13-22)35-28(34-26)32-24(25(37)38)18-20-14-16-23(17-15-20)40-29(39)36(2)3/h4,6-7,10-11,14-17,19,22,24H,5,8-9,12-13,18H2,1-3H3,(H,37,38)(H3,30,31,32,33,34,35)/t19?,24-/m0/s1. The number of aromatic nitrogens is 3. The molecule has 0 spiro atoms. The first-order valence-corrected chi connectivity index (χ1v) is 13.6. The monoisotopic (exact) mass is 547 g/mol. The number of carbonyl (C=O) groups is 2. The highest BCUT2D eigenvalue weighted by atomic mass is 16.6. The van der Waals surface area contributed by atoms with Gasteiger partial charge < -0.3 is 30.7 Å². The molecule has 0 saturated heterocycles. The molecule has 11 heteroatoms. The highest BCUT2D eigenvalue weighted by molar-refractivity contribution is 5.77. The van der Waals surface area contributed by atoms with Crippen molar-refractivity contribution in [1.29, 1.82) is 0 Å². The van der Waals surface area contributed by atoms with Crippen LogP contribution in [0.5, 0.6) is 5.75 Å². The second kappa shape index (κ2) is 13.6. The summed E-state index contributed by atoms with van der Waals surface area (Å²) in [6, 6.07) is 15.9. The van der Waals surface area contributed by atoms with E-state index in [9.17, 15) is 14.7 Å². The lowest BCUT2D eigenvalue weighted by molar-refractivity contribution is -0.137. The van der Waals surface area contributed by atoms with Crippen LogP contribution >= 0.6 is 0 Å². The molecule has 3 aromatic rings. The molecule has 2 atom stereocenters. The van der Waals surface area contributed by atoms with Crippen LogP contribution in [0, 0.1) is 0 Å². The van der Waals surface area contributed by atoms with Crippen molar-refractivity contribution >= 4 is 29.9 Å². The number of hydrogen-bond donors (Lipinski definition) is 4. The van der Waals surface area contributed by atoms with Crippen molar-refractivity contribution in [3.63, 3.8) is 0 Å². The average molecular weight is 548 g/mol. The summed E-state index contributed by atoms with van der Waals surface area (Å²) in [6.45, 7) is 2.01. The van der Waals surface area contributed by atoms with Gasteiger partial charge in [-0.25, -0.2) is 9.59 Å². The Morgan fingerprint density at radius 3 is 2.17 bits per heavy atom.